The molecule has 0 aliphatic rings. The molecule has 1 atom stereocenters. The fourth-order valence-electron chi connectivity index (χ4n) is 4.43. The summed E-state index contributed by atoms with van der Waals surface area (Å²) in [6.45, 7) is 8.26. The van der Waals surface area contributed by atoms with Crippen molar-refractivity contribution in [3.8, 4) is 28.0 Å². The van der Waals surface area contributed by atoms with Gasteiger partial charge in [0.1, 0.15) is 5.75 Å². The predicted molar refractivity (Wildman–Crippen MR) is 150 cm³/mol. The van der Waals surface area contributed by atoms with Gasteiger partial charge in [0.25, 0.3) is 0 Å². The third-order valence-electron chi connectivity index (χ3n) is 6.67. The lowest BCUT2D eigenvalue weighted by molar-refractivity contribution is 0.0630. The second-order valence-electron chi connectivity index (χ2n) is 9.53. The maximum absolute atomic E-state index is 6.02. The van der Waals surface area contributed by atoms with Crippen LogP contribution in [-0.2, 0) is 4.74 Å². The molecule has 35 heavy (non-hydrogen) atoms. The zero-order chi connectivity index (χ0) is 24.7. The molecular weight excluding hydrogens is 428 g/mol. The molecule has 3 rings (SSSR count). The van der Waals surface area contributed by atoms with E-state index < -0.39 is 0 Å². The van der Waals surface area contributed by atoms with E-state index in [4.69, 9.17) is 9.47 Å². The first-order valence-corrected chi connectivity index (χ1v) is 13.8. The van der Waals surface area contributed by atoms with Crippen molar-refractivity contribution in [3.05, 3.63) is 78.4 Å². The molecular formula is C33H44O2. The molecule has 0 heterocycles. The van der Waals surface area contributed by atoms with Crippen molar-refractivity contribution in [3.63, 3.8) is 0 Å². The lowest BCUT2D eigenvalue weighted by Gasteiger charge is -2.15. The molecule has 0 aromatic heterocycles. The van der Waals surface area contributed by atoms with Gasteiger partial charge in [-0.2, -0.15) is 0 Å². The zero-order valence-corrected chi connectivity index (χ0v) is 22.1. The van der Waals surface area contributed by atoms with E-state index in [0.29, 0.717) is 0 Å². The first-order valence-electron chi connectivity index (χ1n) is 13.8. The first kappa shape index (κ1) is 27.0. The molecule has 0 aliphatic carbocycles. The second-order valence-corrected chi connectivity index (χ2v) is 9.53. The fourth-order valence-corrected chi connectivity index (χ4v) is 4.43. The molecule has 1 unspecified atom stereocenters. The minimum atomic E-state index is 0.125. The minimum absolute atomic E-state index is 0.125. The minimum Gasteiger partial charge on any atom is -0.494 e. The first-order chi connectivity index (χ1) is 17.2. The Morgan fingerprint density at radius 3 is 1.71 bits per heavy atom. The van der Waals surface area contributed by atoms with Gasteiger partial charge in [0.15, 0.2) is 0 Å². The Hall–Kier alpha value is -2.58. The van der Waals surface area contributed by atoms with E-state index in [1.54, 1.807) is 0 Å². The van der Waals surface area contributed by atoms with Gasteiger partial charge in [0.05, 0.1) is 12.7 Å². The van der Waals surface area contributed by atoms with Crippen LogP contribution < -0.4 is 4.74 Å². The smallest absolute Gasteiger partial charge is 0.119 e. The lowest BCUT2D eigenvalue weighted by atomic mass is 9.94. The predicted octanol–water partition coefficient (Wildman–Crippen LogP) is 10.0. The third kappa shape index (κ3) is 8.85. The van der Waals surface area contributed by atoms with Crippen LogP contribution in [0.4, 0.5) is 0 Å². The van der Waals surface area contributed by atoms with Crippen LogP contribution in [0.2, 0.25) is 0 Å². The van der Waals surface area contributed by atoms with Crippen LogP contribution in [0.15, 0.2) is 72.8 Å². The summed E-state index contributed by atoms with van der Waals surface area (Å²) in [5, 5.41) is 0. The van der Waals surface area contributed by atoms with E-state index in [1.165, 1.54) is 72.8 Å². The molecule has 0 bridgehead atoms. The van der Waals surface area contributed by atoms with Crippen molar-refractivity contribution in [2.24, 2.45) is 0 Å². The number of hydrogen-bond donors (Lipinski definition) is 0. The van der Waals surface area contributed by atoms with Crippen LogP contribution in [0.25, 0.3) is 22.3 Å². The number of benzene rings is 3. The Balaban J connectivity index is 1.59. The Labute approximate surface area is 213 Å². The molecule has 188 valence electrons. The van der Waals surface area contributed by atoms with Crippen molar-refractivity contribution in [2.75, 3.05) is 13.2 Å². The van der Waals surface area contributed by atoms with Crippen molar-refractivity contribution < 1.29 is 9.47 Å². The van der Waals surface area contributed by atoms with E-state index in [1.807, 2.05) is 0 Å². The summed E-state index contributed by atoms with van der Waals surface area (Å²) in [7, 11) is 0. The van der Waals surface area contributed by atoms with Gasteiger partial charge in [-0.3, -0.25) is 0 Å². The topological polar surface area (TPSA) is 18.5 Å². The fraction of sp³-hybridized carbons (Fsp3) is 0.455. The van der Waals surface area contributed by atoms with E-state index in [9.17, 15) is 0 Å². The monoisotopic (exact) mass is 472 g/mol. The Kier molecular flexibility index (Phi) is 11.9. The molecule has 0 saturated heterocycles. The zero-order valence-electron chi connectivity index (χ0n) is 22.1. The van der Waals surface area contributed by atoms with Gasteiger partial charge in [0, 0.05) is 6.61 Å². The van der Waals surface area contributed by atoms with Crippen molar-refractivity contribution in [2.45, 2.75) is 84.7 Å². The highest BCUT2D eigenvalue weighted by atomic mass is 16.5. The molecule has 3 aromatic carbocycles. The average molecular weight is 473 g/mol. The van der Waals surface area contributed by atoms with E-state index in [-0.39, 0.29) is 6.10 Å². The summed E-state index contributed by atoms with van der Waals surface area (Å²) in [6, 6.07) is 26.0. The molecule has 0 spiro atoms. The molecule has 0 fully saturated rings. The molecule has 3 aromatic rings. The van der Waals surface area contributed by atoms with Gasteiger partial charge in [-0.25, -0.2) is 0 Å². The third-order valence-corrected chi connectivity index (χ3v) is 6.67. The highest BCUT2D eigenvalue weighted by Gasteiger charge is 2.10. The molecule has 2 heteroatoms. The van der Waals surface area contributed by atoms with Crippen LogP contribution in [0.5, 0.6) is 5.75 Å². The van der Waals surface area contributed by atoms with Crippen molar-refractivity contribution >= 4 is 0 Å². The average Bonchev–Trinajstić information content (AvgIpc) is 2.91. The molecule has 0 amide bonds. The summed E-state index contributed by atoms with van der Waals surface area (Å²) in [5.41, 5.74) is 6.16. The quantitative estimate of drug-likeness (QED) is 0.193. The maximum atomic E-state index is 6.02. The van der Waals surface area contributed by atoms with Gasteiger partial charge in [0.2, 0.25) is 0 Å². The summed E-state index contributed by atoms with van der Waals surface area (Å²) in [4.78, 5) is 0. The van der Waals surface area contributed by atoms with E-state index in [2.05, 4.69) is 93.6 Å². The normalized spacial score (nSPS) is 12.0. The van der Waals surface area contributed by atoms with Crippen LogP contribution >= 0.6 is 0 Å². The van der Waals surface area contributed by atoms with Crippen LogP contribution in [0.1, 0.15) is 90.2 Å². The standard InChI is InChI=1S/C33H44O2/c1-4-6-8-9-10-14-26-35-31-23-21-30(22-24-31)33-16-12-11-15-32(33)29-19-17-28(18-20-29)27(3)34-25-13-7-5-2/h11-12,15-24,27H,4-10,13-14,25-26H2,1-3H3. The summed E-state index contributed by atoms with van der Waals surface area (Å²) >= 11 is 0. The summed E-state index contributed by atoms with van der Waals surface area (Å²) in [5.74, 6) is 0.956. The maximum Gasteiger partial charge on any atom is 0.119 e. The molecule has 2 nitrogen and oxygen atoms in total. The van der Waals surface area contributed by atoms with E-state index in [0.717, 1.165) is 31.8 Å². The van der Waals surface area contributed by atoms with Gasteiger partial charge >= 0.3 is 0 Å². The van der Waals surface area contributed by atoms with Crippen LogP contribution in [0, 0.1) is 0 Å². The van der Waals surface area contributed by atoms with Gasteiger partial charge in [-0.1, -0.05) is 119 Å². The van der Waals surface area contributed by atoms with Gasteiger partial charge < -0.3 is 9.47 Å². The van der Waals surface area contributed by atoms with Gasteiger partial charge in [-0.15, -0.1) is 0 Å². The SMILES string of the molecule is CCCCCCCCOc1ccc(-c2ccccc2-c2ccc(C(C)OCCCCC)cc2)cc1. The van der Waals surface area contributed by atoms with E-state index >= 15 is 0 Å². The van der Waals surface area contributed by atoms with Crippen LogP contribution in [-0.4, -0.2) is 13.2 Å². The number of hydrogen-bond acceptors (Lipinski definition) is 2. The lowest BCUT2D eigenvalue weighted by Crippen LogP contribution is -2.01. The van der Waals surface area contributed by atoms with Crippen molar-refractivity contribution in [1.82, 2.24) is 0 Å². The van der Waals surface area contributed by atoms with Gasteiger partial charge in [-0.05, 0) is 59.7 Å². The highest BCUT2D eigenvalue weighted by Crippen LogP contribution is 2.33. The molecule has 0 saturated carbocycles. The molecule has 0 aliphatic heterocycles. The molecule has 0 radical (unpaired) electrons. The molecule has 0 N–H and O–H groups in total. The Morgan fingerprint density at radius 2 is 1.09 bits per heavy atom. The number of unbranched alkanes of at least 4 members (excludes halogenated alkanes) is 7. The number of ether oxygens (including phenoxy) is 2. The Bertz CT molecular complexity index is 959. The summed E-state index contributed by atoms with van der Waals surface area (Å²) in [6.07, 6.45) is 11.4. The summed E-state index contributed by atoms with van der Waals surface area (Å²) < 4.78 is 12.0. The van der Waals surface area contributed by atoms with Crippen LogP contribution in [0.3, 0.4) is 0 Å². The number of rotatable bonds is 16. The van der Waals surface area contributed by atoms with Crippen molar-refractivity contribution in [1.29, 1.82) is 0 Å². The second kappa shape index (κ2) is 15.4. The highest BCUT2D eigenvalue weighted by molar-refractivity contribution is 5.83. The largest absolute Gasteiger partial charge is 0.494 e. The Morgan fingerprint density at radius 1 is 0.571 bits per heavy atom.